The molecule has 3 N–H and O–H groups in total. The maximum Gasteiger partial charge on any atom is 0.258 e. The number of hydrogen-bond donors (Lipinski definition) is 3. The number of rotatable bonds is 12. The molecule has 1 heterocycles. The van der Waals surface area contributed by atoms with E-state index in [-0.39, 0.29) is 22.8 Å². The van der Waals surface area contributed by atoms with Gasteiger partial charge >= 0.3 is 0 Å². The lowest BCUT2D eigenvalue weighted by Gasteiger charge is -2.32. The number of aromatic amines is 1. The van der Waals surface area contributed by atoms with Gasteiger partial charge in [0.1, 0.15) is 11.6 Å². The zero-order valence-corrected chi connectivity index (χ0v) is 25.1. The third-order valence-electron chi connectivity index (χ3n) is 6.99. The molecule has 0 radical (unpaired) electrons. The molecule has 4 rings (SSSR count). The van der Waals surface area contributed by atoms with Gasteiger partial charge in [0, 0.05) is 55.9 Å². The van der Waals surface area contributed by atoms with Crippen molar-refractivity contribution in [2.45, 2.75) is 35.2 Å². The van der Waals surface area contributed by atoms with Gasteiger partial charge in [0.05, 0.1) is 27.5 Å². The van der Waals surface area contributed by atoms with Gasteiger partial charge in [0.2, 0.25) is 9.84 Å². The second-order valence-electron chi connectivity index (χ2n) is 10.6. The number of aromatic nitrogens is 2. The molecule has 0 spiro atoms. The Labute approximate surface area is 244 Å². The predicted octanol–water partition coefficient (Wildman–Crippen LogP) is 3.31. The number of amides is 1. The second kappa shape index (κ2) is 13.1. The molecule has 1 aliphatic carbocycles. The summed E-state index contributed by atoms with van der Waals surface area (Å²) in [7, 11) is 3.43. The number of sulfone groups is 1. The van der Waals surface area contributed by atoms with Crippen molar-refractivity contribution in [3.8, 4) is 0 Å². The zero-order valence-electron chi connectivity index (χ0n) is 24.2. The molecule has 13 heteroatoms. The quantitative estimate of drug-likeness (QED) is 0.289. The SMILES string of the molecule is COCC(C)NC1=C(C(=O)Nc2n[nH]c3ccc(S(=O)(=O)c4cc(F)cc(F)c4)cc23)C=CC(N(C)CCN(C)C)C1. The summed E-state index contributed by atoms with van der Waals surface area (Å²) >= 11 is 0. The number of carbonyl (C=O) groups excluding carboxylic acids is 1. The molecule has 0 aliphatic heterocycles. The zero-order chi connectivity index (χ0) is 30.6. The molecule has 1 aromatic heterocycles. The smallest absolute Gasteiger partial charge is 0.258 e. The van der Waals surface area contributed by atoms with Crippen molar-refractivity contribution in [2.24, 2.45) is 0 Å². The number of nitrogens with one attached hydrogen (secondary N) is 3. The van der Waals surface area contributed by atoms with E-state index in [0.29, 0.717) is 35.6 Å². The topological polar surface area (TPSA) is 120 Å². The number of nitrogens with zero attached hydrogens (tertiary/aromatic N) is 3. The van der Waals surface area contributed by atoms with E-state index in [1.54, 1.807) is 13.2 Å². The van der Waals surface area contributed by atoms with Crippen molar-refractivity contribution in [1.82, 2.24) is 25.3 Å². The molecular formula is C29H36F2N6O4S. The number of fused-ring (bicyclic) bond motifs is 1. The highest BCUT2D eigenvalue weighted by molar-refractivity contribution is 7.91. The Bertz CT molecular complexity index is 1600. The molecule has 2 aromatic carbocycles. The van der Waals surface area contributed by atoms with Gasteiger partial charge < -0.3 is 20.3 Å². The maximum absolute atomic E-state index is 13.8. The summed E-state index contributed by atoms with van der Waals surface area (Å²) in [4.78, 5) is 17.2. The Hall–Kier alpha value is -3.65. The van der Waals surface area contributed by atoms with E-state index in [1.165, 1.54) is 18.2 Å². The molecule has 2 atom stereocenters. The van der Waals surface area contributed by atoms with Crippen molar-refractivity contribution in [3.63, 3.8) is 0 Å². The summed E-state index contributed by atoms with van der Waals surface area (Å²) in [5.74, 6) is -2.32. The van der Waals surface area contributed by atoms with Gasteiger partial charge in [-0.25, -0.2) is 17.2 Å². The third kappa shape index (κ3) is 7.21. The molecular weight excluding hydrogens is 566 g/mol. The molecule has 3 aromatic rings. The maximum atomic E-state index is 13.8. The minimum atomic E-state index is -4.26. The van der Waals surface area contributed by atoms with E-state index in [2.05, 4.69) is 30.6 Å². The lowest BCUT2D eigenvalue weighted by atomic mass is 9.97. The number of ether oxygens (including phenoxy) is 1. The fourth-order valence-electron chi connectivity index (χ4n) is 4.71. The molecule has 0 saturated heterocycles. The van der Waals surface area contributed by atoms with Crippen molar-refractivity contribution in [1.29, 1.82) is 0 Å². The number of methoxy groups -OCH3 is 1. The second-order valence-corrected chi connectivity index (χ2v) is 12.6. The molecule has 0 fully saturated rings. The number of benzene rings is 2. The van der Waals surface area contributed by atoms with Crippen LogP contribution >= 0.6 is 0 Å². The predicted molar refractivity (Wildman–Crippen MR) is 157 cm³/mol. The molecule has 42 heavy (non-hydrogen) atoms. The summed E-state index contributed by atoms with van der Waals surface area (Å²) < 4.78 is 59.1. The average Bonchev–Trinajstić information content (AvgIpc) is 3.33. The highest BCUT2D eigenvalue weighted by Crippen LogP contribution is 2.29. The molecule has 226 valence electrons. The minimum absolute atomic E-state index is 0.0568. The van der Waals surface area contributed by atoms with Crippen LogP contribution in [-0.2, 0) is 19.4 Å². The van der Waals surface area contributed by atoms with Crippen molar-refractivity contribution in [3.05, 3.63) is 71.5 Å². The Balaban J connectivity index is 1.62. The number of halogens is 2. The van der Waals surface area contributed by atoms with Gasteiger partial charge in [0.15, 0.2) is 5.82 Å². The minimum Gasteiger partial charge on any atom is -0.383 e. The molecule has 1 aliphatic rings. The van der Waals surface area contributed by atoms with Crippen LogP contribution in [0.1, 0.15) is 13.3 Å². The van der Waals surface area contributed by atoms with Crippen molar-refractivity contribution in [2.75, 3.05) is 53.3 Å². The monoisotopic (exact) mass is 602 g/mol. The highest BCUT2D eigenvalue weighted by atomic mass is 32.2. The fraction of sp³-hybridized carbons (Fsp3) is 0.379. The normalized spacial score (nSPS) is 16.5. The van der Waals surface area contributed by atoms with E-state index < -0.39 is 32.3 Å². The van der Waals surface area contributed by atoms with E-state index in [1.807, 2.05) is 34.1 Å². The van der Waals surface area contributed by atoms with Crippen LogP contribution in [0.25, 0.3) is 10.9 Å². The van der Waals surface area contributed by atoms with E-state index >= 15 is 0 Å². The summed E-state index contributed by atoms with van der Waals surface area (Å²) in [6.45, 7) is 4.14. The van der Waals surface area contributed by atoms with Gasteiger partial charge in [-0.1, -0.05) is 12.2 Å². The van der Waals surface area contributed by atoms with Crippen LogP contribution in [0.15, 0.2) is 69.6 Å². The Morgan fingerprint density at radius 3 is 2.50 bits per heavy atom. The highest BCUT2D eigenvalue weighted by Gasteiger charge is 2.26. The summed E-state index contributed by atoms with van der Waals surface area (Å²) in [5.41, 5.74) is 1.64. The number of carbonyl (C=O) groups is 1. The van der Waals surface area contributed by atoms with Gasteiger partial charge in [-0.05, 0) is 58.4 Å². The summed E-state index contributed by atoms with van der Waals surface area (Å²) in [6, 6.07) is 6.23. The summed E-state index contributed by atoms with van der Waals surface area (Å²) in [5, 5.41) is 13.5. The number of hydrogen-bond acceptors (Lipinski definition) is 8. The van der Waals surface area contributed by atoms with Crippen LogP contribution in [0, 0.1) is 11.6 Å². The van der Waals surface area contributed by atoms with Crippen molar-refractivity contribution >= 4 is 32.5 Å². The van der Waals surface area contributed by atoms with Gasteiger partial charge in [-0.15, -0.1) is 0 Å². The molecule has 2 unspecified atom stereocenters. The first-order valence-electron chi connectivity index (χ1n) is 13.4. The standard InChI is InChI=1S/C29H36F2N6O4S/c1-18(17-41-5)32-27-15-21(37(4)11-10-36(2)3)6-8-24(27)29(38)33-28-25-16-22(7-9-26(25)34-35-28)42(39,40)23-13-19(30)12-20(31)14-23/h6-9,12-14,16,18,21,32H,10-11,15,17H2,1-5H3,(H2,33,34,35,38). The fourth-order valence-corrected chi connectivity index (χ4v) is 6.04. The van der Waals surface area contributed by atoms with Gasteiger partial charge in [-0.3, -0.25) is 14.8 Å². The van der Waals surface area contributed by atoms with E-state index in [4.69, 9.17) is 4.74 Å². The van der Waals surface area contributed by atoms with Crippen LogP contribution in [0.2, 0.25) is 0 Å². The van der Waals surface area contributed by atoms with Crippen LogP contribution in [-0.4, -0.2) is 94.4 Å². The molecule has 0 saturated carbocycles. The molecule has 10 nitrogen and oxygen atoms in total. The average molecular weight is 603 g/mol. The molecule has 1 amide bonds. The van der Waals surface area contributed by atoms with Crippen LogP contribution in [0.4, 0.5) is 14.6 Å². The largest absolute Gasteiger partial charge is 0.383 e. The lowest BCUT2D eigenvalue weighted by molar-refractivity contribution is -0.112. The third-order valence-corrected chi connectivity index (χ3v) is 8.73. The van der Waals surface area contributed by atoms with Crippen LogP contribution in [0.5, 0.6) is 0 Å². The van der Waals surface area contributed by atoms with Gasteiger partial charge in [-0.2, -0.15) is 5.10 Å². The lowest BCUT2D eigenvalue weighted by Crippen LogP contribution is -2.40. The first-order chi connectivity index (χ1) is 19.9. The van der Waals surface area contributed by atoms with Crippen LogP contribution < -0.4 is 10.6 Å². The number of H-pyrrole nitrogens is 1. The van der Waals surface area contributed by atoms with Crippen molar-refractivity contribution < 1.29 is 26.7 Å². The van der Waals surface area contributed by atoms with E-state index in [0.717, 1.165) is 30.9 Å². The first-order valence-corrected chi connectivity index (χ1v) is 14.9. The number of likely N-dealkylation sites (N-methyl/N-ethyl adjacent to an activating group) is 2. The Kier molecular flexibility index (Phi) is 9.77. The molecule has 0 bridgehead atoms. The Morgan fingerprint density at radius 2 is 1.83 bits per heavy atom. The van der Waals surface area contributed by atoms with Gasteiger partial charge in [0.25, 0.3) is 5.91 Å². The summed E-state index contributed by atoms with van der Waals surface area (Å²) in [6.07, 6.45) is 4.34. The van der Waals surface area contributed by atoms with E-state index in [9.17, 15) is 22.0 Å². The van der Waals surface area contributed by atoms with Crippen LogP contribution in [0.3, 0.4) is 0 Å². The number of anilines is 1. The first kappa shape index (κ1) is 31.3. The Morgan fingerprint density at radius 1 is 1.12 bits per heavy atom.